The monoisotopic (exact) mass is 239 g/mol. The van der Waals surface area contributed by atoms with E-state index in [2.05, 4.69) is 5.32 Å². The lowest BCUT2D eigenvalue weighted by Crippen LogP contribution is -2.37. The van der Waals surface area contributed by atoms with E-state index in [0.717, 1.165) is 32.4 Å². The van der Waals surface area contributed by atoms with E-state index in [-0.39, 0.29) is 18.4 Å². The smallest absolute Gasteiger partial charge is 0.320 e. The van der Waals surface area contributed by atoms with Gasteiger partial charge in [-0.05, 0) is 25.8 Å². The van der Waals surface area contributed by atoms with Crippen LogP contribution in [0.25, 0.3) is 0 Å². The number of hydrogen-bond acceptors (Lipinski definition) is 3. The molecule has 92 valence electrons. The number of aliphatic carboxylic acids is 1. The van der Waals surface area contributed by atoms with Crippen molar-refractivity contribution in [2.24, 2.45) is 0 Å². The normalized spacial score (nSPS) is 11.9. The minimum atomic E-state index is -0.751. The lowest BCUT2D eigenvalue weighted by Gasteiger charge is -2.12. The van der Waals surface area contributed by atoms with E-state index in [1.165, 1.54) is 0 Å². The molecule has 0 heterocycles. The number of carboxylic acid groups (broad SMARTS) is 1. The number of ether oxygens (including phenoxy) is 1. The summed E-state index contributed by atoms with van der Waals surface area (Å²) in [7, 11) is 1.67. The average Bonchev–Trinajstić information content (AvgIpc) is 2.15. The molecule has 2 N–H and O–H groups in total. The van der Waals surface area contributed by atoms with Gasteiger partial charge in [0.25, 0.3) is 0 Å². The number of methoxy groups -OCH3 is 1. The number of halogens is 1. The zero-order chi connectivity index (χ0) is 10.8. The molecule has 0 aliphatic rings. The fourth-order valence-electron chi connectivity index (χ4n) is 1.25. The van der Waals surface area contributed by atoms with E-state index in [4.69, 9.17) is 9.84 Å². The Morgan fingerprint density at radius 1 is 1.47 bits per heavy atom. The predicted molar refractivity (Wildman–Crippen MR) is 62.7 cm³/mol. The van der Waals surface area contributed by atoms with Gasteiger partial charge in [0.15, 0.2) is 0 Å². The van der Waals surface area contributed by atoms with Crippen molar-refractivity contribution in [3.05, 3.63) is 0 Å². The van der Waals surface area contributed by atoms with Crippen LogP contribution in [0.2, 0.25) is 0 Å². The first-order valence-corrected chi connectivity index (χ1v) is 5.17. The van der Waals surface area contributed by atoms with Gasteiger partial charge in [-0.3, -0.25) is 4.79 Å². The lowest BCUT2D eigenvalue weighted by atomic mass is 10.1. The summed E-state index contributed by atoms with van der Waals surface area (Å²) in [6.45, 7) is 3.48. The van der Waals surface area contributed by atoms with Gasteiger partial charge in [-0.25, -0.2) is 0 Å². The molecule has 0 saturated carbocycles. The Kier molecular flexibility index (Phi) is 13.4. The summed E-state index contributed by atoms with van der Waals surface area (Å²) in [4.78, 5) is 10.7. The van der Waals surface area contributed by atoms with Crippen LogP contribution in [0.1, 0.15) is 32.6 Å². The SMILES string of the molecule is CCCC(NCCCCOC)C(=O)O.Cl. The molecule has 1 unspecified atom stereocenters. The van der Waals surface area contributed by atoms with Crippen molar-refractivity contribution in [2.75, 3.05) is 20.3 Å². The topological polar surface area (TPSA) is 58.6 Å². The van der Waals surface area contributed by atoms with Crippen molar-refractivity contribution in [1.82, 2.24) is 5.32 Å². The molecule has 0 aliphatic carbocycles. The van der Waals surface area contributed by atoms with E-state index in [1.807, 2.05) is 6.92 Å². The Labute approximate surface area is 97.8 Å². The highest BCUT2D eigenvalue weighted by Gasteiger charge is 2.14. The largest absolute Gasteiger partial charge is 0.480 e. The third-order valence-electron chi connectivity index (χ3n) is 2.04. The summed E-state index contributed by atoms with van der Waals surface area (Å²) >= 11 is 0. The van der Waals surface area contributed by atoms with Gasteiger partial charge in [0, 0.05) is 13.7 Å². The molecule has 0 aromatic rings. The molecule has 5 heteroatoms. The maximum atomic E-state index is 10.7. The van der Waals surface area contributed by atoms with Crippen molar-refractivity contribution < 1.29 is 14.6 Å². The van der Waals surface area contributed by atoms with Crippen molar-refractivity contribution in [2.45, 2.75) is 38.6 Å². The van der Waals surface area contributed by atoms with Gasteiger partial charge < -0.3 is 15.2 Å². The highest BCUT2D eigenvalue weighted by Crippen LogP contribution is 1.97. The molecule has 4 nitrogen and oxygen atoms in total. The van der Waals surface area contributed by atoms with Gasteiger partial charge in [-0.15, -0.1) is 12.4 Å². The van der Waals surface area contributed by atoms with Crippen LogP contribution in [0.4, 0.5) is 0 Å². The molecular formula is C10H22ClNO3. The molecule has 0 aliphatic heterocycles. The van der Waals surface area contributed by atoms with Gasteiger partial charge in [-0.1, -0.05) is 13.3 Å². The van der Waals surface area contributed by atoms with Gasteiger partial charge in [0.2, 0.25) is 0 Å². The fraction of sp³-hybridized carbons (Fsp3) is 0.900. The van der Waals surface area contributed by atoms with Crippen LogP contribution >= 0.6 is 12.4 Å². The Bertz CT molecular complexity index is 156. The third-order valence-corrected chi connectivity index (χ3v) is 2.04. The first kappa shape index (κ1) is 17.1. The molecule has 0 aromatic carbocycles. The highest BCUT2D eigenvalue weighted by molar-refractivity contribution is 5.85. The molecule has 0 amide bonds. The van der Waals surface area contributed by atoms with E-state index in [0.29, 0.717) is 6.42 Å². The number of carbonyl (C=O) groups is 1. The van der Waals surface area contributed by atoms with E-state index < -0.39 is 5.97 Å². The number of unbranched alkanes of at least 4 members (excludes halogenated alkanes) is 1. The van der Waals surface area contributed by atoms with E-state index >= 15 is 0 Å². The molecule has 1 atom stereocenters. The Balaban J connectivity index is 0. The minimum absolute atomic E-state index is 0. The maximum absolute atomic E-state index is 10.7. The van der Waals surface area contributed by atoms with Crippen LogP contribution in [0.5, 0.6) is 0 Å². The molecule has 0 aromatic heterocycles. The van der Waals surface area contributed by atoms with Crippen LogP contribution in [0.15, 0.2) is 0 Å². The van der Waals surface area contributed by atoms with Crippen molar-refractivity contribution in [3.63, 3.8) is 0 Å². The summed E-state index contributed by atoms with van der Waals surface area (Å²) in [6, 6.07) is -0.387. The first-order valence-electron chi connectivity index (χ1n) is 5.17. The maximum Gasteiger partial charge on any atom is 0.320 e. The number of hydrogen-bond donors (Lipinski definition) is 2. The molecular weight excluding hydrogens is 218 g/mol. The Morgan fingerprint density at radius 3 is 2.60 bits per heavy atom. The Morgan fingerprint density at radius 2 is 2.13 bits per heavy atom. The van der Waals surface area contributed by atoms with Crippen LogP contribution in [0.3, 0.4) is 0 Å². The molecule has 15 heavy (non-hydrogen) atoms. The van der Waals surface area contributed by atoms with Crippen molar-refractivity contribution >= 4 is 18.4 Å². The third kappa shape index (κ3) is 9.97. The number of nitrogens with one attached hydrogen (secondary N) is 1. The van der Waals surface area contributed by atoms with Gasteiger partial charge in [0.05, 0.1) is 0 Å². The van der Waals surface area contributed by atoms with Crippen LogP contribution in [0, 0.1) is 0 Å². The van der Waals surface area contributed by atoms with Crippen LogP contribution < -0.4 is 5.32 Å². The number of rotatable bonds is 9. The van der Waals surface area contributed by atoms with Crippen molar-refractivity contribution in [3.8, 4) is 0 Å². The highest BCUT2D eigenvalue weighted by atomic mass is 35.5. The van der Waals surface area contributed by atoms with Crippen molar-refractivity contribution in [1.29, 1.82) is 0 Å². The minimum Gasteiger partial charge on any atom is -0.480 e. The zero-order valence-corrected chi connectivity index (χ0v) is 10.3. The summed E-state index contributed by atoms with van der Waals surface area (Å²) in [5, 5.41) is 11.8. The first-order chi connectivity index (χ1) is 6.72. The summed E-state index contributed by atoms with van der Waals surface area (Å²) in [6.07, 6.45) is 3.52. The lowest BCUT2D eigenvalue weighted by molar-refractivity contribution is -0.139. The average molecular weight is 240 g/mol. The molecule has 0 fully saturated rings. The molecule has 0 bridgehead atoms. The second-order valence-electron chi connectivity index (χ2n) is 3.33. The Hall–Kier alpha value is -0.320. The fourth-order valence-corrected chi connectivity index (χ4v) is 1.25. The standard InChI is InChI=1S/C10H21NO3.ClH/c1-3-6-9(10(12)13)11-7-4-5-8-14-2;/h9,11H,3-8H2,1-2H3,(H,12,13);1H. The summed E-state index contributed by atoms with van der Waals surface area (Å²) in [5.74, 6) is -0.751. The van der Waals surface area contributed by atoms with Gasteiger partial charge in [-0.2, -0.15) is 0 Å². The summed E-state index contributed by atoms with van der Waals surface area (Å²) < 4.78 is 4.90. The van der Waals surface area contributed by atoms with Crippen LogP contribution in [-0.4, -0.2) is 37.4 Å². The quantitative estimate of drug-likeness (QED) is 0.601. The van der Waals surface area contributed by atoms with Gasteiger partial charge in [0.1, 0.15) is 6.04 Å². The molecule has 0 rings (SSSR count). The number of carboxylic acids is 1. The second kappa shape index (κ2) is 11.8. The van der Waals surface area contributed by atoms with Crippen LogP contribution in [-0.2, 0) is 9.53 Å². The molecule has 0 spiro atoms. The molecule has 0 saturated heterocycles. The predicted octanol–water partition coefficient (Wildman–Crippen LogP) is 1.68. The van der Waals surface area contributed by atoms with E-state index in [1.54, 1.807) is 7.11 Å². The molecule has 0 radical (unpaired) electrons. The van der Waals surface area contributed by atoms with Gasteiger partial charge >= 0.3 is 5.97 Å². The second-order valence-corrected chi connectivity index (χ2v) is 3.33. The zero-order valence-electron chi connectivity index (χ0n) is 9.49. The van der Waals surface area contributed by atoms with E-state index in [9.17, 15) is 4.79 Å². The summed E-state index contributed by atoms with van der Waals surface area (Å²) in [5.41, 5.74) is 0.